The highest BCUT2D eigenvalue weighted by Crippen LogP contribution is 2.28. The number of rotatable bonds is 15. The molecule has 3 rings (SSSR count). The fourth-order valence-corrected chi connectivity index (χ4v) is 4.44. The minimum atomic E-state index is -1.44. The Morgan fingerprint density at radius 2 is 0.944 bits per heavy atom. The van der Waals surface area contributed by atoms with Crippen LogP contribution in [0.1, 0.15) is 45.4 Å². The Morgan fingerprint density at radius 1 is 0.528 bits per heavy atom. The van der Waals surface area contributed by atoms with Crippen LogP contribution in [0.25, 0.3) is 0 Å². The van der Waals surface area contributed by atoms with Gasteiger partial charge in [-0.05, 0) is 6.42 Å². The van der Waals surface area contributed by atoms with Gasteiger partial charge in [0.2, 0.25) is 0 Å². The molecule has 0 aromatic rings. The number of hydrogen-bond acceptors (Lipinski definition) is 13. The molecule has 0 aromatic heterocycles. The highest BCUT2D eigenvalue weighted by Gasteiger charge is 2.48. The summed E-state index contributed by atoms with van der Waals surface area (Å²) >= 11 is 0. The normalized spacial score (nSPS) is 43.0. The highest BCUT2D eigenvalue weighted by molar-refractivity contribution is 4.91. The Kier molecular flexibility index (Phi) is 12.2. The first kappa shape index (κ1) is 30.0. The molecule has 0 saturated carbocycles. The summed E-state index contributed by atoms with van der Waals surface area (Å²) in [6.07, 6.45) is -8.08. The van der Waals surface area contributed by atoms with Crippen LogP contribution in [0, 0.1) is 0 Å². The Balaban J connectivity index is 1.37. The Labute approximate surface area is 210 Å². The lowest BCUT2D eigenvalue weighted by Gasteiger charge is -2.20. The van der Waals surface area contributed by atoms with Crippen molar-refractivity contribution in [2.45, 2.75) is 119 Å². The maximum atomic E-state index is 10.3. The summed E-state index contributed by atoms with van der Waals surface area (Å²) in [6, 6.07) is 0. The molecule has 0 aromatic carbocycles. The highest BCUT2D eigenvalue weighted by atomic mass is 16.7. The second-order valence-corrected chi connectivity index (χ2v) is 9.56. The molecule has 12 atom stereocenters. The van der Waals surface area contributed by atoms with Gasteiger partial charge in [-0.3, -0.25) is 0 Å². The van der Waals surface area contributed by atoms with E-state index >= 15 is 0 Å². The van der Waals surface area contributed by atoms with E-state index in [0.29, 0.717) is 6.61 Å². The second kappa shape index (κ2) is 14.6. The van der Waals surface area contributed by atoms with Gasteiger partial charge in [-0.15, -0.1) is 0 Å². The molecule has 0 aliphatic carbocycles. The zero-order valence-corrected chi connectivity index (χ0v) is 20.6. The van der Waals surface area contributed by atoms with E-state index in [1.807, 2.05) is 0 Å². The average Bonchev–Trinajstić information content (AvgIpc) is 3.42. The van der Waals surface area contributed by atoms with Crippen molar-refractivity contribution >= 4 is 0 Å². The molecule has 0 amide bonds. The first-order valence-electron chi connectivity index (χ1n) is 12.8. The number of unbranched alkanes of at least 4 members (excludes halogenated alkanes) is 5. The van der Waals surface area contributed by atoms with Crippen LogP contribution in [0.4, 0.5) is 0 Å². The summed E-state index contributed by atoms with van der Waals surface area (Å²) in [6.45, 7) is 1.49. The molecular weight excluding hydrogens is 484 g/mol. The third-order valence-electron chi connectivity index (χ3n) is 6.77. The van der Waals surface area contributed by atoms with Crippen molar-refractivity contribution in [3.8, 4) is 0 Å². The topological polar surface area (TPSA) is 197 Å². The molecule has 7 N–H and O–H groups in total. The maximum absolute atomic E-state index is 10.3. The average molecular weight is 527 g/mol. The van der Waals surface area contributed by atoms with Crippen LogP contribution in [0.15, 0.2) is 0 Å². The molecule has 3 saturated heterocycles. The van der Waals surface area contributed by atoms with Gasteiger partial charge in [0.15, 0.2) is 18.9 Å². The molecule has 0 unspecified atom stereocenters. The van der Waals surface area contributed by atoms with Gasteiger partial charge in [0.05, 0.1) is 19.8 Å². The predicted octanol–water partition coefficient (Wildman–Crippen LogP) is -2.27. The molecule has 13 nitrogen and oxygen atoms in total. The smallest absolute Gasteiger partial charge is 0.186 e. The standard InChI is InChI=1S/C23H42O13/c1-2-3-4-5-6-7-8-31-21-19(29)16(26)13(35-21)10-33-23-20(30)17(27)14(36-23)11-32-22-18(28)15(25)12(9-24)34-22/h12-30H,2-11H2,1H3/t12-,13-,14-,15-,16-,17-,18+,19+,20+,21+,22+,23+/m1/s1. The van der Waals surface area contributed by atoms with Crippen molar-refractivity contribution in [3.05, 3.63) is 0 Å². The summed E-state index contributed by atoms with van der Waals surface area (Å²) in [7, 11) is 0. The van der Waals surface area contributed by atoms with E-state index in [0.717, 1.165) is 19.3 Å². The molecule has 0 spiro atoms. The lowest BCUT2D eigenvalue weighted by Crippen LogP contribution is -2.39. The van der Waals surface area contributed by atoms with Crippen LogP contribution in [0.2, 0.25) is 0 Å². The van der Waals surface area contributed by atoms with Gasteiger partial charge in [-0.2, -0.15) is 0 Å². The van der Waals surface area contributed by atoms with E-state index in [-0.39, 0.29) is 13.2 Å². The lowest BCUT2D eigenvalue weighted by molar-refractivity contribution is -0.218. The van der Waals surface area contributed by atoms with Crippen LogP contribution in [0.3, 0.4) is 0 Å². The van der Waals surface area contributed by atoms with E-state index in [1.54, 1.807) is 0 Å². The summed E-state index contributed by atoms with van der Waals surface area (Å²) in [5.41, 5.74) is 0. The monoisotopic (exact) mass is 526 g/mol. The fourth-order valence-electron chi connectivity index (χ4n) is 4.44. The zero-order valence-electron chi connectivity index (χ0n) is 20.6. The molecule has 0 radical (unpaired) electrons. The largest absolute Gasteiger partial charge is 0.394 e. The molecule has 0 bridgehead atoms. The summed E-state index contributed by atoms with van der Waals surface area (Å²) in [5, 5.41) is 69.9. The Bertz CT molecular complexity index is 627. The summed E-state index contributed by atoms with van der Waals surface area (Å²) < 4.78 is 32.7. The van der Waals surface area contributed by atoms with Crippen LogP contribution in [-0.4, -0.2) is 136 Å². The van der Waals surface area contributed by atoms with Gasteiger partial charge in [-0.25, -0.2) is 0 Å². The number of ether oxygens (including phenoxy) is 6. The number of hydrogen-bond donors (Lipinski definition) is 7. The molecule has 3 aliphatic heterocycles. The van der Waals surface area contributed by atoms with Crippen LogP contribution < -0.4 is 0 Å². The van der Waals surface area contributed by atoms with Gasteiger partial charge >= 0.3 is 0 Å². The van der Waals surface area contributed by atoms with Gasteiger partial charge in [0, 0.05) is 6.61 Å². The molecule has 13 heteroatoms. The number of aliphatic hydroxyl groups is 7. The third-order valence-corrected chi connectivity index (χ3v) is 6.77. The van der Waals surface area contributed by atoms with Crippen LogP contribution in [0.5, 0.6) is 0 Å². The number of aliphatic hydroxyl groups excluding tert-OH is 7. The first-order chi connectivity index (χ1) is 17.3. The van der Waals surface area contributed by atoms with E-state index in [2.05, 4.69) is 6.92 Å². The van der Waals surface area contributed by atoms with Crippen LogP contribution in [-0.2, 0) is 28.4 Å². The van der Waals surface area contributed by atoms with E-state index < -0.39 is 80.4 Å². The van der Waals surface area contributed by atoms with Gasteiger partial charge in [0.25, 0.3) is 0 Å². The van der Waals surface area contributed by atoms with Gasteiger partial charge < -0.3 is 64.2 Å². The first-order valence-corrected chi connectivity index (χ1v) is 12.8. The Hall–Kier alpha value is -0.520. The van der Waals surface area contributed by atoms with E-state index in [4.69, 9.17) is 33.5 Å². The van der Waals surface area contributed by atoms with Crippen molar-refractivity contribution < 1.29 is 64.2 Å². The lowest BCUT2D eigenvalue weighted by atomic mass is 10.1. The molecule has 3 fully saturated rings. The van der Waals surface area contributed by atoms with Crippen molar-refractivity contribution in [1.29, 1.82) is 0 Å². The Morgan fingerprint density at radius 3 is 1.42 bits per heavy atom. The second-order valence-electron chi connectivity index (χ2n) is 9.56. The SMILES string of the molecule is CCCCCCCCO[C@H]1O[C@H](CO[C@H]2O[C@H](CO[C@H]3O[C@H](CO)[C@@H](O)[C@@H]3O)[C@@H](O)[C@@H]2O)[C@@H](O)[C@@H]1O. The molecule has 3 aliphatic rings. The maximum Gasteiger partial charge on any atom is 0.186 e. The molecular formula is C23H42O13. The minimum Gasteiger partial charge on any atom is -0.394 e. The quantitative estimate of drug-likeness (QED) is 0.113. The van der Waals surface area contributed by atoms with Gasteiger partial charge in [0.1, 0.15) is 54.9 Å². The van der Waals surface area contributed by atoms with Crippen molar-refractivity contribution in [2.75, 3.05) is 26.4 Å². The summed E-state index contributed by atoms with van der Waals surface area (Å²) in [5.74, 6) is 0. The molecule has 212 valence electrons. The minimum absolute atomic E-state index is 0.244. The van der Waals surface area contributed by atoms with Gasteiger partial charge in [-0.1, -0.05) is 39.0 Å². The van der Waals surface area contributed by atoms with Crippen molar-refractivity contribution in [1.82, 2.24) is 0 Å². The third kappa shape index (κ3) is 7.53. The van der Waals surface area contributed by atoms with E-state index in [9.17, 15) is 30.6 Å². The predicted molar refractivity (Wildman–Crippen MR) is 120 cm³/mol. The molecule has 36 heavy (non-hydrogen) atoms. The van der Waals surface area contributed by atoms with Crippen LogP contribution >= 0.6 is 0 Å². The van der Waals surface area contributed by atoms with Crippen molar-refractivity contribution in [3.63, 3.8) is 0 Å². The zero-order chi connectivity index (χ0) is 26.2. The van der Waals surface area contributed by atoms with Crippen molar-refractivity contribution in [2.24, 2.45) is 0 Å². The fraction of sp³-hybridized carbons (Fsp3) is 1.00. The summed E-state index contributed by atoms with van der Waals surface area (Å²) in [4.78, 5) is 0. The molecule has 3 heterocycles. The van der Waals surface area contributed by atoms with E-state index in [1.165, 1.54) is 19.3 Å².